The van der Waals surface area contributed by atoms with E-state index in [4.69, 9.17) is 16.3 Å². The van der Waals surface area contributed by atoms with E-state index in [0.29, 0.717) is 10.9 Å². The lowest BCUT2D eigenvalue weighted by molar-refractivity contribution is 0.397. The molecule has 0 amide bonds. The van der Waals surface area contributed by atoms with Gasteiger partial charge in [0, 0.05) is 11.6 Å². The van der Waals surface area contributed by atoms with Gasteiger partial charge in [-0.1, -0.05) is 29.8 Å². The molecule has 0 bridgehead atoms. The van der Waals surface area contributed by atoms with Gasteiger partial charge in [0.15, 0.2) is 0 Å². The topological polar surface area (TPSA) is 35.0 Å². The first kappa shape index (κ1) is 10.9. The van der Waals surface area contributed by atoms with E-state index >= 15 is 0 Å². The molecule has 16 heavy (non-hydrogen) atoms. The Morgan fingerprint density at radius 1 is 1.25 bits per heavy atom. The Bertz CT molecular complexity index is 514. The van der Waals surface area contributed by atoms with Crippen molar-refractivity contribution in [1.29, 1.82) is 0 Å². The zero-order valence-corrected chi connectivity index (χ0v) is 9.82. The van der Waals surface area contributed by atoms with Crippen LogP contribution in [0.5, 0.6) is 5.88 Å². The molecule has 82 valence electrons. The predicted molar refractivity (Wildman–Crippen MR) is 63.8 cm³/mol. The fourth-order valence-corrected chi connectivity index (χ4v) is 1.67. The molecule has 0 aliphatic rings. The van der Waals surface area contributed by atoms with Crippen LogP contribution >= 0.6 is 11.6 Å². The Balaban J connectivity index is 2.54. The minimum atomic E-state index is 0.530. The van der Waals surface area contributed by atoms with E-state index in [1.54, 1.807) is 13.2 Å². The van der Waals surface area contributed by atoms with Gasteiger partial charge >= 0.3 is 0 Å². The lowest BCUT2D eigenvalue weighted by Gasteiger charge is -2.06. The number of aromatic nitrogens is 2. The summed E-state index contributed by atoms with van der Waals surface area (Å²) in [5.41, 5.74) is 2.68. The second kappa shape index (κ2) is 4.49. The second-order valence-electron chi connectivity index (χ2n) is 3.38. The Hall–Kier alpha value is -1.61. The summed E-state index contributed by atoms with van der Waals surface area (Å²) in [5, 5.41) is 0.711. The molecule has 0 spiro atoms. The molecule has 0 atom stereocenters. The standard InChI is InChI=1S/C12H11ClN2O/c1-8-4-3-5-9(12(8)13)10-6-11(16-2)15-7-14-10/h3-7H,1-2H3. The van der Waals surface area contributed by atoms with Crippen LogP contribution in [0, 0.1) is 6.92 Å². The zero-order valence-electron chi connectivity index (χ0n) is 9.07. The maximum absolute atomic E-state index is 6.22. The Kier molecular flexibility index (Phi) is 3.06. The molecule has 1 aromatic heterocycles. The molecule has 0 radical (unpaired) electrons. The number of benzene rings is 1. The maximum atomic E-state index is 6.22. The highest BCUT2D eigenvalue weighted by Gasteiger charge is 2.07. The Labute approximate surface area is 99.1 Å². The SMILES string of the molecule is COc1cc(-c2cccc(C)c2Cl)ncn1. The minimum absolute atomic E-state index is 0.530. The minimum Gasteiger partial charge on any atom is -0.481 e. The highest BCUT2D eigenvalue weighted by molar-refractivity contribution is 6.34. The van der Waals surface area contributed by atoms with Gasteiger partial charge in [-0.3, -0.25) is 0 Å². The van der Waals surface area contributed by atoms with Crippen LogP contribution in [-0.4, -0.2) is 17.1 Å². The number of aryl methyl sites for hydroxylation is 1. The molecule has 0 aliphatic carbocycles. The van der Waals surface area contributed by atoms with Gasteiger partial charge in [-0.2, -0.15) is 0 Å². The average molecular weight is 235 g/mol. The molecule has 0 N–H and O–H groups in total. The van der Waals surface area contributed by atoms with Crippen molar-refractivity contribution in [2.75, 3.05) is 7.11 Å². The molecule has 0 unspecified atom stereocenters. The molecule has 1 aromatic carbocycles. The third-order valence-electron chi connectivity index (χ3n) is 2.32. The van der Waals surface area contributed by atoms with Crippen molar-refractivity contribution < 1.29 is 4.74 Å². The summed E-state index contributed by atoms with van der Waals surface area (Å²) in [5.74, 6) is 0.530. The van der Waals surface area contributed by atoms with Crippen LogP contribution < -0.4 is 4.74 Å². The highest BCUT2D eigenvalue weighted by atomic mass is 35.5. The van der Waals surface area contributed by atoms with Gasteiger partial charge in [-0.25, -0.2) is 9.97 Å². The van der Waals surface area contributed by atoms with Gasteiger partial charge in [0.25, 0.3) is 0 Å². The number of rotatable bonds is 2. The zero-order chi connectivity index (χ0) is 11.5. The molecule has 0 aliphatic heterocycles. The molecule has 2 aromatic rings. The van der Waals surface area contributed by atoms with E-state index in [9.17, 15) is 0 Å². The van der Waals surface area contributed by atoms with Crippen LogP contribution in [0.2, 0.25) is 5.02 Å². The molecule has 4 heteroatoms. The third kappa shape index (κ3) is 1.99. The number of hydrogen-bond donors (Lipinski definition) is 0. The first-order valence-corrected chi connectivity index (χ1v) is 5.21. The summed E-state index contributed by atoms with van der Waals surface area (Å²) >= 11 is 6.22. The van der Waals surface area contributed by atoms with Crippen LogP contribution in [0.25, 0.3) is 11.3 Å². The van der Waals surface area contributed by atoms with Crippen LogP contribution in [0.4, 0.5) is 0 Å². The molecular weight excluding hydrogens is 224 g/mol. The molecule has 0 saturated carbocycles. The smallest absolute Gasteiger partial charge is 0.216 e. The number of nitrogens with zero attached hydrogens (tertiary/aromatic N) is 2. The predicted octanol–water partition coefficient (Wildman–Crippen LogP) is 3.11. The van der Waals surface area contributed by atoms with Crippen molar-refractivity contribution in [1.82, 2.24) is 9.97 Å². The summed E-state index contributed by atoms with van der Waals surface area (Å²) in [6, 6.07) is 7.60. The van der Waals surface area contributed by atoms with Crippen LogP contribution in [0.3, 0.4) is 0 Å². The van der Waals surface area contributed by atoms with E-state index in [1.165, 1.54) is 6.33 Å². The van der Waals surface area contributed by atoms with Crippen molar-refractivity contribution in [3.05, 3.63) is 41.2 Å². The van der Waals surface area contributed by atoms with E-state index in [0.717, 1.165) is 16.8 Å². The molecule has 0 saturated heterocycles. The van der Waals surface area contributed by atoms with E-state index < -0.39 is 0 Å². The highest BCUT2D eigenvalue weighted by Crippen LogP contribution is 2.29. The second-order valence-corrected chi connectivity index (χ2v) is 3.76. The summed E-state index contributed by atoms with van der Waals surface area (Å²) in [6.45, 7) is 1.96. The number of ether oxygens (including phenoxy) is 1. The Morgan fingerprint density at radius 2 is 2.06 bits per heavy atom. The van der Waals surface area contributed by atoms with Crippen molar-refractivity contribution in [3.8, 4) is 17.1 Å². The average Bonchev–Trinajstić information content (AvgIpc) is 2.33. The molecule has 0 fully saturated rings. The van der Waals surface area contributed by atoms with Crippen LogP contribution in [-0.2, 0) is 0 Å². The van der Waals surface area contributed by atoms with Gasteiger partial charge < -0.3 is 4.74 Å². The lowest BCUT2D eigenvalue weighted by atomic mass is 10.1. The van der Waals surface area contributed by atoms with Crippen molar-refractivity contribution in [3.63, 3.8) is 0 Å². The lowest BCUT2D eigenvalue weighted by Crippen LogP contribution is -1.91. The van der Waals surface area contributed by atoms with E-state index in [2.05, 4.69) is 9.97 Å². The molecule has 2 rings (SSSR count). The first-order valence-electron chi connectivity index (χ1n) is 4.84. The molecule has 3 nitrogen and oxygen atoms in total. The fraction of sp³-hybridized carbons (Fsp3) is 0.167. The van der Waals surface area contributed by atoms with Gasteiger partial charge in [0.05, 0.1) is 17.8 Å². The summed E-state index contributed by atoms with van der Waals surface area (Å²) < 4.78 is 5.05. The van der Waals surface area contributed by atoms with E-state index in [-0.39, 0.29) is 0 Å². The Morgan fingerprint density at radius 3 is 2.81 bits per heavy atom. The summed E-state index contributed by atoms with van der Waals surface area (Å²) in [6.07, 6.45) is 1.47. The van der Waals surface area contributed by atoms with Crippen molar-refractivity contribution >= 4 is 11.6 Å². The van der Waals surface area contributed by atoms with Crippen LogP contribution in [0.15, 0.2) is 30.6 Å². The maximum Gasteiger partial charge on any atom is 0.216 e. The normalized spacial score (nSPS) is 10.2. The van der Waals surface area contributed by atoms with Gasteiger partial charge in [0.2, 0.25) is 5.88 Å². The fourth-order valence-electron chi connectivity index (χ4n) is 1.44. The van der Waals surface area contributed by atoms with Gasteiger partial charge in [-0.15, -0.1) is 0 Å². The van der Waals surface area contributed by atoms with Gasteiger partial charge in [-0.05, 0) is 12.5 Å². The quantitative estimate of drug-likeness (QED) is 0.801. The van der Waals surface area contributed by atoms with Crippen molar-refractivity contribution in [2.24, 2.45) is 0 Å². The largest absolute Gasteiger partial charge is 0.481 e. The van der Waals surface area contributed by atoms with Crippen LogP contribution in [0.1, 0.15) is 5.56 Å². The van der Waals surface area contributed by atoms with Gasteiger partial charge in [0.1, 0.15) is 6.33 Å². The number of hydrogen-bond acceptors (Lipinski definition) is 3. The first-order chi connectivity index (χ1) is 7.72. The molecular formula is C12H11ClN2O. The number of halogens is 1. The van der Waals surface area contributed by atoms with E-state index in [1.807, 2.05) is 25.1 Å². The number of methoxy groups -OCH3 is 1. The monoisotopic (exact) mass is 234 g/mol. The summed E-state index contributed by atoms with van der Waals surface area (Å²) in [7, 11) is 1.57. The molecule has 1 heterocycles. The third-order valence-corrected chi connectivity index (χ3v) is 2.82. The summed E-state index contributed by atoms with van der Waals surface area (Å²) in [4.78, 5) is 8.14. The van der Waals surface area contributed by atoms with Crippen molar-refractivity contribution in [2.45, 2.75) is 6.92 Å².